The second kappa shape index (κ2) is 3.34. The van der Waals surface area contributed by atoms with Crippen molar-refractivity contribution in [3.05, 3.63) is 12.2 Å². The molecule has 0 saturated heterocycles. The van der Waals surface area contributed by atoms with Crippen molar-refractivity contribution in [2.24, 2.45) is 7.05 Å². The number of hydrogen-bond acceptors (Lipinski definition) is 3. The fourth-order valence-electron chi connectivity index (χ4n) is 0.829. The highest BCUT2D eigenvalue weighted by atomic mass is 16.2. The monoisotopic (exact) mass is 168 g/mol. The van der Waals surface area contributed by atoms with Crippen molar-refractivity contribution < 1.29 is 4.79 Å². The fourth-order valence-corrected chi connectivity index (χ4v) is 0.829. The van der Waals surface area contributed by atoms with Crippen LogP contribution in [0.4, 0.5) is 0 Å². The molecule has 0 atom stereocenters. The van der Waals surface area contributed by atoms with Crippen LogP contribution in [0.5, 0.6) is 0 Å². The van der Waals surface area contributed by atoms with Crippen molar-refractivity contribution in [3.8, 4) is 0 Å². The summed E-state index contributed by atoms with van der Waals surface area (Å²) in [5.74, 6) is 0.147. The zero-order valence-electron chi connectivity index (χ0n) is 7.40. The highest BCUT2D eigenvalue weighted by Crippen LogP contribution is 1.91. The van der Waals surface area contributed by atoms with Crippen molar-refractivity contribution >= 4 is 5.91 Å². The molecule has 0 fully saturated rings. The van der Waals surface area contributed by atoms with Gasteiger partial charge < -0.3 is 5.32 Å². The Bertz CT molecular complexity index is 279. The van der Waals surface area contributed by atoms with Crippen LogP contribution < -0.4 is 5.32 Å². The summed E-state index contributed by atoms with van der Waals surface area (Å²) in [5, 5.41) is 6.51. The van der Waals surface area contributed by atoms with E-state index in [0.717, 1.165) is 0 Å². The molecule has 0 aliphatic rings. The molecule has 0 saturated carbocycles. The molecule has 0 spiro atoms. The molecular weight excluding hydrogens is 156 g/mol. The molecule has 1 heterocycles. The molecule has 0 unspecified atom stereocenters. The number of rotatable bonds is 2. The molecule has 0 aliphatic heterocycles. The van der Waals surface area contributed by atoms with Crippen LogP contribution in [-0.2, 0) is 7.05 Å². The molecule has 5 nitrogen and oxygen atoms in total. The lowest BCUT2D eigenvalue weighted by Crippen LogP contribution is -2.32. The Morgan fingerprint density at radius 2 is 2.33 bits per heavy atom. The van der Waals surface area contributed by atoms with E-state index < -0.39 is 0 Å². The maximum Gasteiger partial charge on any atom is 0.289 e. The molecule has 1 amide bonds. The minimum Gasteiger partial charge on any atom is -0.347 e. The lowest BCUT2D eigenvalue weighted by Gasteiger charge is -2.06. The zero-order chi connectivity index (χ0) is 9.14. The fraction of sp³-hybridized carbons (Fsp3) is 0.571. The number of amides is 1. The Morgan fingerprint density at radius 1 is 1.67 bits per heavy atom. The van der Waals surface area contributed by atoms with Crippen molar-refractivity contribution in [3.63, 3.8) is 0 Å². The van der Waals surface area contributed by atoms with E-state index in [0.29, 0.717) is 5.82 Å². The average Bonchev–Trinajstić information content (AvgIpc) is 2.33. The van der Waals surface area contributed by atoms with E-state index in [9.17, 15) is 4.79 Å². The van der Waals surface area contributed by atoms with Crippen molar-refractivity contribution in [1.82, 2.24) is 20.1 Å². The van der Waals surface area contributed by atoms with Gasteiger partial charge in [0.1, 0.15) is 6.33 Å². The van der Waals surface area contributed by atoms with Crippen LogP contribution in [0.2, 0.25) is 0 Å². The molecule has 5 heteroatoms. The summed E-state index contributed by atoms with van der Waals surface area (Å²) < 4.78 is 1.44. The molecule has 0 radical (unpaired) electrons. The normalized spacial score (nSPS) is 10.3. The molecule has 1 N–H and O–H groups in total. The van der Waals surface area contributed by atoms with Crippen LogP contribution >= 0.6 is 0 Å². The second-order valence-electron chi connectivity index (χ2n) is 2.84. The van der Waals surface area contributed by atoms with E-state index in [4.69, 9.17) is 0 Å². The Labute approximate surface area is 70.8 Å². The first-order valence-corrected chi connectivity index (χ1v) is 3.76. The van der Waals surface area contributed by atoms with Crippen LogP contribution in [0.1, 0.15) is 24.5 Å². The van der Waals surface area contributed by atoms with Crippen molar-refractivity contribution in [1.29, 1.82) is 0 Å². The standard InChI is InChI=1S/C7H12N4O/c1-5(2)10-7(12)6-8-4-9-11(6)3/h4-5H,1-3H3,(H,10,12). The van der Waals surface area contributed by atoms with Gasteiger partial charge >= 0.3 is 0 Å². The van der Waals surface area contributed by atoms with Crippen LogP contribution in [0, 0.1) is 0 Å². The first kappa shape index (κ1) is 8.70. The summed E-state index contributed by atoms with van der Waals surface area (Å²) in [7, 11) is 1.68. The minimum absolute atomic E-state index is 0.120. The lowest BCUT2D eigenvalue weighted by molar-refractivity contribution is 0.0928. The topological polar surface area (TPSA) is 59.8 Å². The van der Waals surface area contributed by atoms with Gasteiger partial charge in [0.2, 0.25) is 5.82 Å². The number of aryl methyl sites for hydroxylation is 1. The Morgan fingerprint density at radius 3 is 2.75 bits per heavy atom. The Hall–Kier alpha value is -1.39. The van der Waals surface area contributed by atoms with Crippen LogP contribution in [0.25, 0.3) is 0 Å². The molecule has 1 aromatic rings. The van der Waals surface area contributed by atoms with Crippen LogP contribution in [0.3, 0.4) is 0 Å². The quantitative estimate of drug-likeness (QED) is 0.673. The summed E-state index contributed by atoms with van der Waals surface area (Å²) in [5.41, 5.74) is 0. The van der Waals surface area contributed by atoms with Gasteiger partial charge in [0.15, 0.2) is 0 Å². The van der Waals surface area contributed by atoms with E-state index in [2.05, 4.69) is 15.4 Å². The molecule has 1 rings (SSSR count). The van der Waals surface area contributed by atoms with E-state index >= 15 is 0 Å². The molecule has 0 bridgehead atoms. The predicted octanol–water partition coefficient (Wildman–Crippen LogP) is -0.0467. The number of aromatic nitrogens is 3. The largest absolute Gasteiger partial charge is 0.347 e. The van der Waals surface area contributed by atoms with Crippen molar-refractivity contribution in [2.75, 3.05) is 0 Å². The highest BCUT2D eigenvalue weighted by Gasteiger charge is 2.11. The summed E-state index contributed by atoms with van der Waals surface area (Å²) in [4.78, 5) is 15.1. The van der Waals surface area contributed by atoms with Gasteiger partial charge in [-0.1, -0.05) is 0 Å². The highest BCUT2D eigenvalue weighted by molar-refractivity contribution is 5.90. The summed E-state index contributed by atoms with van der Waals surface area (Å²) in [6.07, 6.45) is 1.36. The van der Waals surface area contributed by atoms with Gasteiger partial charge in [-0.15, -0.1) is 0 Å². The van der Waals surface area contributed by atoms with Crippen LogP contribution in [-0.4, -0.2) is 26.7 Å². The number of carbonyl (C=O) groups is 1. The molecule has 0 aliphatic carbocycles. The number of hydrogen-bond donors (Lipinski definition) is 1. The third-order valence-corrected chi connectivity index (χ3v) is 1.33. The van der Waals surface area contributed by atoms with E-state index in [1.54, 1.807) is 7.05 Å². The smallest absolute Gasteiger partial charge is 0.289 e. The zero-order valence-corrected chi connectivity index (χ0v) is 7.40. The third-order valence-electron chi connectivity index (χ3n) is 1.33. The van der Waals surface area contributed by atoms with Gasteiger partial charge in [0.05, 0.1) is 0 Å². The van der Waals surface area contributed by atoms with Gasteiger partial charge in [-0.3, -0.25) is 4.79 Å². The molecule has 0 aromatic carbocycles. The molecule has 1 aromatic heterocycles. The van der Waals surface area contributed by atoms with Gasteiger partial charge in [0.25, 0.3) is 5.91 Å². The van der Waals surface area contributed by atoms with Gasteiger partial charge in [-0.05, 0) is 13.8 Å². The van der Waals surface area contributed by atoms with Gasteiger partial charge in [0, 0.05) is 13.1 Å². The number of nitrogens with one attached hydrogen (secondary N) is 1. The van der Waals surface area contributed by atoms with Crippen LogP contribution in [0.15, 0.2) is 6.33 Å². The van der Waals surface area contributed by atoms with Gasteiger partial charge in [-0.2, -0.15) is 5.10 Å². The first-order valence-electron chi connectivity index (χ1n) is 3.76. The maximum atomic E-state index is 11.3. The average molecular weight is 168 g/mol. The summed E-state index contributed by atoms with van der Waals surface area (Å²) in [6, 6.07) is 0.120. The Kier molecular flexibility index (Phi) is 2.42. The van der Waals surface area contributed by atoms with E-state index in [1.807, 2.05) is 13.8 Å². The summed E-state index contributed by atoms with van der Waals surface area (Å²) in [6.45, 7) is 3.79. The predicted molar refractivity (Wildman–Crippen MR) is 43.6 cm³/mol. The first-order chi connectivity index (χ1) is 5.61. The van der Waals surface area contributed by atoms with E-state index in [1.165, 1.54) is 11.0 Å². The Balaban J connectivity index is 2.72. The maximum absolute atomic E-state index is 11.3. The number of carbonyl (C=O) groups excluding carboxylic acids is 1. The number of nitrogens with zero attached hydrogens (tertiary/aromatic N) is 3. The third kappa shape index (κ3) is 1.81. The molecule has 12 heavy (non-hydrogen) atoms. The molecular formula is C7H12N4O. The van der Waals surface area contributed by atoms with Gasteiger partial charge in [-0.25, -0.2) is 9.67 Å². The SMILES string of the molecule is CC(C)NC(=O)c1ncnn1C. The van der Waals surface area contributed by atoms with Crippen molar-refractivity contribution in [2.45, 2.75) is 19.9 Å². The molecule has 66 valence electrons. The second-order valence-corrected chi connectivity index (χ2v) is 2.84. The van der Waals surface area contributed by atoms with E-state index in [-0.39, 0.29) is 11.9 Å². The lowest BCUT2D eigenvalue weighted by atomic mass is 10.4. The summed E-state index contributed by atoms with van der Waals surface area (Å²) >= 11 is 0. The minimum atomic E-state index is -0.190.